The van der Waals surface area contributed by atoms with Crippen molar-refractivity contribution in [3.8, 4) is 0 Å². The molecule has 4 nitrogen and oxygen atoms in total. The van der Waals surface area contributed by atoms with Gasteiger partial charge in [0.05, 0.1) is 0 Å². The predicted molar refractivity (Wildman–Crippen MR) is 72.9 cm³/mol. The standard InChI is InChI=1S/C12H13FINO3/c1-2-5-15(7-11(16)17)12(18)8-3-4-10(14)9(13)6-8/h3-4,6H,2,5,7H2,1H3,(H,16,17). The Bertz CT molecular complexity index is 465. The molecule has 0 aromatic heterocycles. The van der Waals surface area contributed by atoms with E-state index in [0.717, 1.165) is 6.07 Å². The van der Waals surface area contributed by atoms with Crippen molar-refractivity contribution in [3.05, 3.63) is 33.1 Å². The van der Waals surface area contributed by atoms with Gasteiger partial charge in [-0.25, -0.2) is 4.39 Å². The number of rotatable bonds is 5. The van der Waals surface area contributed by atoms with E-state index >= 15 is 0 Å². The van der Waals surface area contributed by atoms with Crippen molar-refractivity contribution >= 4 is 34.5 Å². The number of hydrogen-bond acceptors (Lipinski definition) is 2. The number of benzene rings is 1. The van der Waals surface area contributed by atoms with Gasteiger partial charge in [-0.1, -0.05) is 6.92 Å². The number of nitrogens with zero attached hydrogens (tertiary/aromatic N) is 1. The Morgan fingerprint density at radius 2 is 2.11 bits per heavy atom. The lowest BCUT2D eigenvalue weighted by Crippen LogP contribution is -2.36. The van der Waals surface area contributed by atoms with E-state index in [-0.39, 0.29) is 12.1 Å². The van der Waals surface area contributed by atoms with E-state index < -0.39 is 17.7 Å². The number of carbonyl (C=O) groups is 2. The lowest BCUT2D eigenvalue weighted by molar-refractivity contribution is -0.137. The van der Waals surface area contributed by atoms with Gasteiger partial charge in [-0.2, -0.15) is 0 Å². The number of amides is 1. The van der Waals surface area contributed by atoms with E-state index in [4.69, 9.17) is 5.11 Å². The van der Waals surface area contributed by atoms with Gasteiger partial charge in [-0.15, -0.1) is 0 Å². The number of carbonyl (C=O) groups excluding carboxylic acids is 1. The summed E-state index contributed by atoms with van der Waals surface area (Å²) >= 11 is 1.82. The van der Waals surface area contributed by atoms with Crippen LogP contribution in [0.2, 0.25) is 0 Å². The third kappa shape index (κ3) is 3.94. The zero-order chi connectivity index (χ0) is 13.7. The minimum atomic E-state index is -1.08. The van der Waals surface area contributed by atoms with E-state index in [1.54, 1.807) is 0 Å². The molecule has 1 amide bonds. The molecule has 0 fully saturated rings. The molecule has 0 aliphatic carbocycles. The lowest BCUT2D eigenvalue weighted by Gasteiger charge is -2.20. The molecule has 1 N–H and O–H groups in total. The maximum absolute atomic E-state index is 13.4. The molecule has 1 aromatic rings. The van der Waals surface area contributed by atoms with Gasteiger partial charge in [0.2, 0.25) is 0 Å². The van der Waals surface area contributed by atoms with Gasteiger partial charge in [0.1, 0.15) is 12.4 Å². The van der Waals surface area contributed by atoms with E-state index in [2.05, 4.69) is 0 Å². The van der Waals surface area contributed by atoms with Gasteiger partial charge in [0, 0.05) is 15.7 Å². The van der Waals surface area contributed by atoms with E-state index in [1.807, 2.05) is 29.5 Å². The van der Waals surface area contributed by atoms with Crippen LogP contribution >= 0.6 is 22.6 Å². The summed E-state index contributed by atoms with van der Waals surface area (Å²) < 4.78 is 13.8. The molecule has 98 valence electrons. The third-order valence-electron chi connectivity index (χ3n) is 2.27. The van der Waals surface area contributed by atoms with Gasteiger partial charge in [0.25, 0.3) is 5.91 Å². The van der Waals surface area contributed by atoms with Gasteiger partial charge in [-0.3, -0.25) is 9.59 Å². The highest BCUT2D eigenvalue weighted by Crippen LogP contribution is 2.14. The number of carboxylic acids is 1. The molecule has 0 heterocycles. The average Bonchev–Trinajstić information content (AvgIpc) is 2.31. The van der Waals surface area contributed by atoms with Crippen molar-refractivity contribution in [1.82, 2.24) is 4.90 Å². The summed E-state index contributed by atoms with van der Waals surface area (Å²) in [6.07, 6.45) is 0.645. The Balaban J connectivity index is 2.93. The second-order valence-electron chi connectivity index (χ2n) is 3.75. The summed E-state index contributed by atoms with van der Waals surface area (Å²) in [5.41, 5.74) is 0.169. The molecule has 0 unspecified atom stereocenters. The topological polar surface area (TPSA) is 57.6 Å². The van der Waals surface area contributed by atoms with Crippen molar-refractivity contribution in [1.29, 1.82) is 0 Å². The Morgan fingerprint density at radius 3 is 2.61 bits per heavy atom. The fourth-order valence-corrected chi connectivity index (χ4v) is 1.83. The smallest absolute Gasteiger partial charge is 0.323 e. The van der Waals surface area contributed by atoms with Crippen LogP contribution in [0.25, 0.3) is 0 Å². The molecular weight excluding hydrogens is 352 g/mol. The monoisotopic (exact) mass is 365 g/mol. The van der Waals surface area contributed by atoms with E-state index in [9.17, 15) is 14.0 Å². The molecule has 0 radical (unpaired) electrons. The lowest BCUT2D eigenvalue weighted by atomic mass is 10.2. The molecule has 1 aromatic carbocycles. The SMILES string of the molecule is CCCN(CC(=O)O)C(=O)c1ccc(I)c(F)c1. The maximum atomic E-state index is 13.4. The molecule has 0 aliphatic heterocycles. The third-order valence-corrected chi connectivity index (χ3v) is 3.15. The summed E-state index contributed by atoms with van der Waals surface area (Å²) in [6.45, 7) is 1.80. The predicted octanol–water partition coefficient (Wildman–Crippen LogP) is 2.37. The summed E-state index contributed by atoms with van der Waals surface area (Å²) in [4.78, 5) is 23.9. The van der Waals surface area contributed by atoms with Crippen LogP contribution in [0.4, 0.5) is 4.39 Å². The largest absolute Gasteiger partial charge is 0.480 e. The van der Waals surface area contributed by atoms with E-state index in [1.165, 1.54) is 17.0 Å². The van der Waals surface area contributed by atoms with Crippen LogP contribution in [-0.2, 0) is 4.79 Å². The van der Waals surface area contributed by atoms with Crippen LogP contribution in [0.5, 0.6) is 0 Å². The molecule has 0 aliphatic rings. The molecule has 0 bridgehead atoms. The highest BCUT2D eigenvalue weighted by molar-refractivity contribution is 14.1. The average molecular weight is 365 g/mol. The van der Waals surface area contributed by atoms with Crippen LogP contribution in [0, 0.1) is 9.39 Å². The number of halogens is 2. The second kappa shape index (κ2) is 6.67. The number of aliphatic carboxylic acids is 1. The molecule has 18 heavy (non-hydrogen) atoms. The van der Waals surface area contributed by atoms with Crippen molar-refractivity contribution in [2.45, 2.75) is 13.3 Å². The summed E-state index contributed by atoms with van der Waals surface area (Å²) in [7, 11) is 0. The summed E-state index contributed by atoms with van der Waals surface area (Å²) in [6, 6.07) is 4.13. The fourth-order valence-electron chi connectivity index (χ4n) is 1.50. The number of hydrogen-bond donors (Lipinski definition) is 1. The quantitative estimate of drug-likeness (QED) is 0.816. The first-order chi connectivity index (χ1) is 8.45. The minimum Gasteiger partial charge on any atom is -0.480 e. The first-order valence-corrected chi connectivity index (χ1v) is 6.49. The van der Waals surface area contributed by atoms with E-state index in [0.29, 0.717) is 16.5 Å². The van der Waals surface area contributed by atoms with Crippen LogP contribution in [0.3, 0.4) is 0 Å². The molecule has 0 spiro atoms. The zero-order valence-electron chi connectivity index (χ0n) is 9.82. The first-order valence-electron chi connectivity index (χ1n) is 5.41. The van der Waals surface area contributed by atoms with Gasteiger partial charge in [0.15, 0.2) is 0 Å². The first kappa shape index (κ1) is 14.9. The highest BCUT2D eigenvalue weighted by atomic mass is 127. The van der Waals surface area contributed by atoms with Crippen molar-refractivity contribution in [3.63, 3.8) is 0 Å². The Hall–Kier alpha value is -1.18. The minimum absolute atomic E-state index is 0.169. The molecule has 0 saturated heterocycles. The normalized spacial score (nSPS) is 10.2. The fraction of sp³-hybridized carbons (Fsp3) is 0.333. The van der Waals surface area contributed by atoms with Gasteiger partial charge in [-0.05, 0) is 47.2 Å². The molecular formula is C12H13FINO3. The summed E-state index contributed by atoms with van der Waals surface area (Å²) in [5.74, 6) is -2.02. The Morgan fingerprint density at radius 1 is 1.44 bits per heavy atom. The maximum Gasteiger partial charge on any atom is 0.323 e. The Labute approximate surface area is 118 Å². The van der Waals surface area contributed by atoms with Crippen molar-refractivity contribution in [2.24, 2.45) is 0 Å². The zero-order valence-corrected chi connectivity index (χ0v) is 12.0. The highest BCUT2D eigenvalue weighted by Gasteiger charge is 2.18. The molecule has 0 saturated carbocycles. The van der Waals surface area contributed by atoms with Crippen LogP contribution in [0.15, 0.2) is 18.2 Å². The molecule has 1 rings (SSSR count). The second-order valence-corrected chi connectivity index (χ2v) is 4.91. The van der Waals surface area contributed by atoms with Gasteiger partial charge >= 0.3 is 5.97 Å². The molecule has 6 heteroatoms. The van der Waals surface area contributed by atoms with Crippen LogP contribution < -0.4 is 0 Å². The van der Waals surface area contributed by atoms with Crippen LogP contribution in [0.1, 0.15) is 23.7 Å². The van der Waals surface area contributed by atoms with Crippen molar-refractivity contribution in [2.75, 3.05) is 13.1 Å². The van der Waals surface area contributed by atoms with Crippen molar-refractivity contribution < 1.29 is 19.1 Å². The van der Waals surface area contributed by atoms with Gasteiger partial charge < -0.3 is 10.0 Å². The van der Waals surface area contributed by atoms with Crippen LogP contribution in [-0.4, -0.2) is 35.0 Å². The molecule has 0 atom stereocenters. The number of carboxylic acid groups (broad SMARTS) is 1. The summed E-state index contributed by atoms with van der Waals surface area (Å²) in [5, 5.41) is 8.74. The Kier molecular flexibility index (Phi) is 5.52.